The summed E-state index contributed by atoms with van der Waals surface area (Å²) in [5.74, 6) is -0.00888. The standard InChI is InChI=1S/C10H19N3O/c1-7(11)9(14)13-8-6-10(8)2-4-12-5-3-10/h7-8,12H,2-6,11H2,1H3,(H,13,14)/t7-,8?/m0/s1. The molecule has 4 N–H and O–H groups in total. The van der Waals surface area contributed by atoms with Crippen molar-refractivity contribution in [2.75, 3.05) is 13.1 Å². The predicted octanol–water partition coefficient (Wildman–Crippen LogP) is -0.408. The molecule has 1 heterocycles. The molecule has 0 aromatic carbocycles. The van der Waals surface area contributed by atoms with Gasteiger partial charge in [0.1, 0.15) is 0 Å². The zero-order chi connectivity index (χ0) is 10.2. The maximum Gasteiger partial charge on any atom is 0.236 e. The molecule has 2 aliphatic rings. The third-order valence-corrected chi connectivity index (χ3v) is 3.52. The summed E-state index contributed by atoms with van der Waals surface area (Å²) in [7, 11) is 0. The fourth-order valence-electron chi connectivity index (χ4n) is 2.33. The van der Waals surface area contributed by atoms with Gasteiger partial charge in [0.25, 0.3) is 0 Å². The largest absolute Gasteiger partial charge is 0.351 e. The van der Waals surface area contributed by atoms with Gasteiger partial charge in [-0.2, -0.15) is 0 Å². The zero-order valence-electron chi connectivity index (χ0n) is 8.68. The van der Waals surface area contributed by atoms with Gasteiger partial charge < -0.3 is 16.4 Å². The van der Waals surface area contributed by atoms with Crippen molar-refractivity contribution in [3.8, 4) is 0 Å². The lowest BCUT2D eigenvalue weighted by Gasteiger charge is -2.23. The molecule has 1 unspecified atom stereocenters. The third-order valence-electron chi connectivity index (χ3n) is 3.52. The van der Waals surface area contributed by atoms with Crippen LogP contribution in [0, 0.1) is 5.41 Å². The van der Waals surface area contributed by atoms with E-state index in [-0.39, 0.29) is 11.9 Å². The SMILES string of the molecule is C[C@H](N)C(=O)NC1CC12CCNCC2. The quantitative estimate of drug-likeness (QED) is 0.564. The molecule has 1 aliphatic heterocycles. The maximum atomic E-state index is 11.4. The van der Waals surface area contributed by atoms with Gasteiger partial charge in [0.2, 0.25) is 5.91 Å². The molecule has 0 radical (unpaired) electrons. The van der Waals surface area contributed by atoms with Crippen molar-refractivity contribution in [2.45, 2.75) is 38.3 Å². The normalized spacial score (nSPS) is 31.1. The molecule has 0 aromatic heterocycles. The first-order chi connectivity index (χ1) is 6.64. The highest BCUT2D eigenvalue weighted by molar-refractivity contribution is 5.81. The molecule has 2 rings (SSSR count). The smallest absolute Gasteiger partial charge is 0.236 e. The van der Waals surface area contributed by atoms with Gasteiger partial charge in [0, 0.05) is 6.04 Å². The predicted molar refractivity (Wildman–Crippen MR) is 54.7 cm³/mol. The summed E-state index contributed by atoms with van der Waals surface area (Å²) in [5, 5.41) is 6.36. The van der Waals surface area contributed by atoms with Crippen molar-refractivity contribution in [1.82, 2.24) is 10.6 Å². The van der Waals surface area contributed by atoms with Crippen molar-refractivity contribution < 1.29 is 4.79 Å². The van der Waals surface area contributed by atoms with Crippen LogP contribution in [0.5, 0.6) is 0 Å². The van der Waals surface area contributed by atoms with Crippen LogP contribution in [0.25, 0.3) is 0 Å². The highest BCUT2D eigenvalue weighted by Gasteiger charge is 2.54. The van der Waals surface area contributed by atoms with Crippen LogP contribution in [0.2, 0.25) is 0 Å². The van der Waals surface area contributed by atoms with E-state index >= 15 is 0 Å². The molecule has 0 aromatic rings. The van der Waals surface area contributed by atoms with Crippen LogP contribution in [0.15, 0.2) is 0 Å². The van der Waals surface area contributed by atoms with Crippen LogP contribution in [0.1, 0.15) is 26.2 Å². The maximum absolute atomic E-state index is 11.4. The average molecular weight is 197 g/mol. The average Bonchev–Trinajstić information content (AvgIpc) is 2.79. The fraction of sp³-hybridized carbons (Fsp3) is 0.900. The van der Waals surface area contributed by atoms with E-state index in [1.165, 1.54) is 12.8 Å². The number of nitrogens with one attached hydrogen (secondary N) is 2. The highest BCUT2D eigenvalue weighted by Crippen LogP contribution is 2.52. The Morgan fingerprint density at radius 3 is 2.79 bits per heavy atom. The Balaban J connectivity index is 1.83. The summed E-state index contributed by atoms with van der Waals surface area (Å²) in [6.45, 7) is 3.90. The minimum atomic E-state index is -0.380. The van der Waals surface area contributed by atoms with E-state index < -0.39 is 0 Å². The lowest BCUT2D eigenvalue weighted by Crippen LogP contribution is -2.42. The molecule has 14 heavy (non-hydrogen) atoms. The van der Waals surface area contributed by atoms with Gasteiger partial charge in [-0.05, 0) is 44.7 Å². The Kier molecular flexibility index (Phi) is 2.49. The van der Waals surface area contributed by atoms with E-state index in [1.54, 1.807) is 6.92 Å². The van der Waals surface area contributed by atoms with Crippen LogP contribution in [-0.2, 0) is 4.79 Å². The van der Waals surface area contributed by atoms with Gasteiger partial charge >= 0.3 is 0 Å². The fourth-order valence-corrected chi connectivity index (χ4v) is 2.33. The molecular weight excluding hydrogens is 178 g/mol. The molecule has 2 fully saturated rings. The monoisotopic (exact) mass is 197 g/mol. The lowest BCUT2D eigenvalue weighted by atomic mass is 9.94. The Morgan fingerprint density at radius 2 is 2.21 bits per heavy atom. The van der Waals surface area contributed by atoms with Gasteiger partial charge in [-0.25, -0.2) is 0 Å². The number of hydrogen-bond donors (Lipinski definition) is 3. The van der Waals surface area contributed by atoms with Crippen LogP contribution < -0.4 is 16.4 Å². The molecular formula is C10H19N3O. The molecule has 1 saturated heterocycles. The molecule has 4 nitrogen and oxygen atoms in total. The van der Waals surface area contributed by atoms with E-state index in [0.717, 1.165) is 19.5 Å². The highest BCUT2D eigenvalue weighted by atomic mass is 16.2. The van der Waals surface area contributed by atoms with Gasteiger partial charge in [0.05, 0.1) is 6.04 Å². The van der Waals surface area contributed by atoms with Crippen molar-refractivity contribution >= 4 is 5.91 Å². The number of piperidine rings is 1. The summed E-state index contributed by atoms with van der Waals surface area (Å²) < 4.78 is 0. The first-order valence-electron chi connectivity index (χ1n) is 5.41. The number of amides is 1. The first kappa shape index (κ1) is 9.93. The van der Waals surface area contributed by atoms with E-state index in [0.29, 0.717) is 11.5 Å². The van der Waals surface area contributed by atoms with Crippen molar-refractivity contribution in [3.05, 3.63) is 0 Å². The Hall–Kier alpha value is -0.610. The minimum absolute atomic E-state index is 0.00888. The third kappa shape index (κ3) is 1.77. The number of hydrogen-bond acceptors (Lipinski definition) is 3. The summed E-state index contributed by atoms with van der Waals surface area (Å²) in [4.78, 5) is 11.4. The van der Waals surface area contributed by atoms with E-state index in [1.807, 2.05) is 0 Å². The lowest BCUT2D eigenvalue weighted by molar-refractivity contribution is -0.122. The molecule has 1 saturated carbocycles. The summed E-state index contributed by atoms with van der Waals surface area (Å²) in [6.07, 6.45) is 3.53. The second-order valence-corrected chi connectivity index (χ2v) is 4.67. The number of rotatable bonds is 2. The molecule has 80 valence electrons. The number of nitrogens with two attached hydrogens (primary N) is 1. The summed E-state index contributed by atoms with van der Waals surface area (Å²) in [5.41, 5.74) is 5.92. The molecule has 2 atom stereocenters. The topological polar surface area (TPSA) is 67.2 Å². The second-order valence-electron chi connectivity index (χ2n) is 4.67. The summed E-state index contributed by atoms with van der Waals surface area (Å²) in [6, 6.07) is 0.0115. The van der Waals surface area contributed by atoms with E-state index in [2.05, 4.69) is 10.6 Å². The Labute approximate surface area is 84.6 Å². The van der Waals surface area contributed by atoms with Crippen LogP contribution >= 0.6 is 0 Å². The van der Waals surface area contributed by atoms with E-state index in [9.17, 15) is 4.79 Å². The Morgan fingerprint density at radius 1 is 1.57 bits per heavy atom. The van der Waals surface area contributed by atoms with Crippen LogP contribution in [0.4, 0.5) is 0 Å². The van der Waals surface area contributed by atoms with Gasteiger partial charge in [-0.15, -0.1) is 0 Å². The van der Waals surface area contributed by atoms with Crippen LogP contribution in [0.3, 0.4) is 0 Å². The Bertz CT molecular complexity index is 234. The van der Waals surface area contributed by atoms with E-state index in [4.69, 9.17) is 5.73 Å². The van der Waals surface area contributed by atoms with Gasteiger partial charge in [-0.3, -0.25) is 4.79 Å². The first-order valence-corrected chi connectivity index (χ1v) is 5.41. The van der Waals surface area contributed by atoms with Crippen molar-refractivity contribution in [3.63, 3.8) is 0 Å². The zero-order valence-corrected chi connectivity index (χ0v) is 8.68. The molecule has 4 heteroatoms. The molecule has 1 aliphatic carbocycles. The van der Waals surface area contributed by atoms with Crippen molar-refractivity contribution in [2.24, 2.45) is 11.1 Å². The molecule has 1 spiro atoms. The molecule has 1 amide bonds. The molecule has 0 bridgehead atoms. The number of carbonyl (C=O) groups is 1. The van der Waals surface area contributed by atoms with Gasteiger partial charge in [0.15, 0.2) is 0 Å². The minimum Gasteiger partial charge on any atom is -0.351 e. The number of carbonyl (C=O) groups excluding carboxylic acids is 1. The van der Waals surface area contributed by atoms with Gasteiger partial charge in [-0.1, -0.05) is 0 Å². The summed E-state index contributed by atoms with van der Waals surface area (Å²) >= 11 is 0. The van der Waals surface area contributed by atoms with Crippen LogP contribution in [-0.4, -0.2) is 31.1 Å². The van der Waals surface area contributed by atoms with Crippen molar-refractivity contribution in [1.29, 1.82) is 0 Å². The second kappa shape index (κ2) is 3.51.